The lowest BCUT2D eigenvalue weighted by Gasteiger charge is -2.42. The van der Waals surface area contributed by atoms with Gasteiger partial charge in [-0.1, -0.05) is 36.4 Å². The molecule has 0 saturated carbocycles. The summed E-state index contributed by atoms with van der Waals surface area (Å²) in [7, 11) is 0. The molecule has 2 aliphatic heterocycles. The quantitative estimate of drug-likeness (QED) is 0.453. The number of anilines is 1. The number of carbonyl (C=O) groups excluding carboxylic acids is 2. The number of hydrogen-bond donors (Lipinski definition) is 1. The molecule has 7 nitrogen and oxygen atoms in total. The van der Waals surface area contributed by atoms with E-state index in [9.17, 15) is 14.0 Å². The van der Waals surface area contributed by atoms with Crippen molar-refractivity contribution in [2.75, 3.05) is 51.3 Å². The topological polar surface area (TPSA) is 71.1 Å². The molecule has 2 atom stereocenters. The molecule has 39 heavy (non-hydrogen) atoms. The van der Waals surface area contributed by atoms with Gasteiger partial charge in [0, 0.05) is 37.4 Å². The number of nitrogens with zero attached hydrogens (tertiary/aromatic N) is 2. The molecule has 2 unspecified atom stereocenters. The fourth-order valence-electron chi connectivity index (χ4n) is 5.38. The summed E-state index contributed by atoms with van der Waals surface area (Å²) in [6, 6.07) is 19.0. The summed E-state index contributed by atoms with van der Waals surface area (Å²) >= 11 is 0. The van der Waals surface area contributed by atoms with E-state index in [-0.39, 0.29) is 17.6 Å². The van der Waals surface area contributed by atoms with Crippen molar-refractivity contribution in [3.05, 3.63) is 94.8 Å². The van der Waals surface area contributed by atoms with E-state index in [0.717, 1.165) is 24.4 Å². The highest BCUT2D eigenvalue weighted by Crippen LogP contribution is 2.43. The number of hydrogen-bond acceptors (Lipinski definition) is 5. The number of fused-ring (bicyclic) bond motifs is 1. The molecule has 1 fully saturated rings. The van der Waals surface area contributed by atoms with Gasteiger partial charge in [-0.05, 0) is 60.9 Å². The smallest absolute Gasteiger partial charge is 0.254 e. The summed E-state index contributed by atoms with van der Waals surface area (Å²) in [5, 5.41) is 2.92. The Bertz CT molecular complexity index is 1320. The molecule has 204 valence electrons. The zero-order valence-electron chi connectivity index (χ0n) is 22.4. The van der Waals surface area contributed by atoms with Crippen molar-refractivity contribution in [2.24, 2.45) is 0 Å². The lowest BCUT2D eigenvalue weighted by molar-refractivity contribution is -0.119. The van der Waals surface area contributed by atoms with Gasteiger partial charge in [0.1, 0.15) is 11.6 Å². The normalized spacial score (nSPS) is 19.5. The fourth-order valence-corrected chi connectivity index (χ4v) is 5.38. The Morgan fingerprint density at radius 2 is 1.79 bits per heavy atom. The molecule has 2 amide bonds. The summed E-state index contributed by atoms with van der Waals surface area (Å²) in [5.41, 5.74) is 2.88. The molecule has 1 saturated heterocycles. The van der Waals surface area contributed by atoms with E-state index in [0.29, 0.717) is 55.3 Å². The van der Waals surface area contributed by atoms with Crippen LogP contribution < -0.4 is 10.1 Å². The van der Waals surface area contributed by atoms with Gasteiger partial charge in [-0.2, -0.15) is 0 Å². The zero-order valence-corrected chi connectivity index (χ0v) is 22.4. The third-order valence-electron chi connectivity index (χ3n) is 7.45. The number of halogens is 1. The first kappa shape index (κ1) is 26.8. The lowest BCUT2D eigenvalue weighted by Crippen LogP contribution is -2.49. The number of aryl methyl sites for hydroxylation is 1. The first-order valence-electron chi connectivity index (χ1n) is 13.5. The molecule has 2 aliphatic rings. The average molecular weight is 532 g/mol. The van der Waals surface area contributed by atoms with Crippen molar-refractivity contribution in [3.8, 4) is 5.75 Å². The minimum absolute atomic E-state index is 0.108. The average Bonchev–Trinajstić information content (AvgIpc) is 2.95. The fraction of sp³-hybridized carbons (Fsp3) is 0.355. The highest BCUT2D eigenvalue weighted by molar-refractivity contribution is 6.04. The van der Waals surface area contributed by atoms with E-state index in [1.165, 1.54) is 6.07 Å². The number of ether oxygens (including phenoxy) is 2. The van der Waals surface area contributed by atoms with Gasteiger partial charge in [0.25, 0.3) is 5.91 Å². The third kappa shape index (κ3) is 5.82. The van der Waals surface area contributed by atoms with Crippen LogP contribution >= 0.6 is 0 Å². The highest BCUT2D eigenvalue weighted by atomic mass is 19.1. The van der Waals surface area contributed by atoms with Gasteiger partial charge >= 0.3 is 0 Å². The zero-order chi connectivity index (χ0) is 27.4. The summed E-state index contributed by atoms with van der Waals surface area (Å²) in [5.74, 6) is -0.774. The van der Waals surface area contributed by atoms with Gasteiger partial charge in [0.05, 0.1) is 31.8 Å². The number of morpholine rings is 1. The predicted molar refractivity (Wildman–Crippen MR) is 148 cm³/mol. The van der Waals surface area contributed by atoms with Crippen LogP contribution in [0.15, 0.2) is 66.7 Å². The second-order valence-electron chi connectivity index (χ2n) is 9.92. The summed E-state index contributed by atoms with van der Waals surface area (Å²) in [4.78, 5) is 32.0. The Morgan fingerprint density at radius 1 is 1.05 bits per heavy atom. The molecule has 3 aromatic carbocycles. The van der Waals surface area contributed by atoms with Gasteiger partial charge in [-0.3, -0.25) is 14.5 Å². The van der Waals surface area contributed by atoms with Crippen LogP contribution in [0.3, 0.4) is 0 Å². The third-order valence-corrected chi connectivity index (χ3v) is 7.45. The van der Waals surface area contributed by atoms with Crippen LogP contribution in [0.2, 0.25) is 0 Å². The molecule has 0 spiro atoms. The molecule has 1 N–H and O–H groups in total. The van der Waals surface area contributed by atoms with Crippen molar-refractivity contribution in [2.45, 2.75) is 25.8 Å². The second-order valence-corrected chi connectivity index (χ2v) is 9.92. The number of amides is 2. The lowest BCUT2D eigenvalue weighted by atomic mass is 9.79. The van der Waals surface area contributed by atoms with Crippen molar-refractivity contribution >= 4 is 17.5 Å². The van der Waals surface area contributed by atoms with E-state index >= 15 is 0 Å². The molecule has 8 heteroatoms. The number of carbonyl (C=O) groups is 2. The largest absolute Gasteiger partial charge is 0.494 e. The van der Waals surface area contributed by atoms with Gasteiger partial charge in [0.15, 0.2) is 0 Å². The second kappa shape index (κ2) is 12.0. The van der Waals surface area contributed by atoms with Crippen molar-refractivity contribution in [1.29, 1.82) is 0 Å². The maximum absolute atomic E-state index is 14.3. The maximum Gasteiger partial charge on any atom is 0.254 e. The van der Waals surface area contributed by atoms with Gasteiger partial charge in [-0.15, -0.1) is 0 Å². The number of rotatable bonds is 8. The summed E-state index contributed by atoms with van der Waals surface area (Å²) in [6.45, 7) is 8.19. The molecule has 0 bridgehead atoms. The van der Waals surface area contributed by atoms with Crippen LogP contribution in [0.5, 0.6) is 5.75 Å². The molecule has 2 heterocycles. The molecule has 0 aliphatic carbocycles. The number of nitrogens with one attached hydrogen (secondary N) is 1. The molecule has 0 aromatic heterocycles. The predicted octanol–water partition coefficient (Wildman–Crippen LogP) is 4.78. The van der Waals surface area contributed by atoms with Crippen LogP contribution in [0, 0.1) is 12.7 Å². The van der Waals surface area contributed by atoms with Crippen molar-refractivity contribution < 1.29 is 23.5 Å². The molecule has 3 aromatic rings. The maximum atomic E-state index is 14.3. The summed E-state index contributed by atoms with van der Waals surface area (Å²) < 4.78 is 25.4. The van der Waals surface area contributed by atoms with Crippen LogP contribution in [-0.4, -0.2) is 67.6 Å². The van der Waals surface area contributed by atoms with E-state index < -0.39 is 12.0 Å². The first-order chi connectivity index (χ1) is 19.0. The highest BCUT2D eigenvalue weighted by Gasteiger charge is 2.44. The minimum atomic E-state index is -0.703. The standard InChI is InChI=1S/C31H34FN3O4/c1-3-39-24-12-9-22(10-13-24)29-28(30(36)33-23-11-8-21(2)27(32)20-23)25-6-4-5-7-26(25)31(37)35(29)15-14-34-16-18-38-19-17-34/h4-13,20,28-29H,3,14-19H2,1-2H3,(H,33,36). The van der Waals surface area contributed by atoms with Gasteiger partial charge in [-0.25, -0.2) is 4.39 Å². The van der Waals surface area contributed by atoms with Gasteiger partial charge in [0.2, 0.25) is 5.91 Å². The minimum Gasteiger partial charge on any atom is -0.494 e. The van der Waals surface area contributed by atoms with Crippen LogP contribution in [0.1, 0.15) is 45.9 Å². The molecular formula is C31H34FN3O4. The van der Waals surface area contributed by atoms with E-state index in [4.69, 9.17) is 9.47 Å². The van der Waals surface area contributed by atoms with Gasteiger partial charge < -0.3 is 19.7 Å². The van der Waals surface area contributed by atoms with E-state index in [2.05, 4.69) is 10.2 Å². The van der Waals surface area contributed by atoms with Crippen molar-refractivity contribution in [3.63, 3.8) is 0 Å². The molecule has 5 rings (SSSR count). The van der Waals surface area contributed by atoms with E-state index in [1.54, 1.807) is 25.1 Å². The Balaban J connectivity index is 1.55. The molecular weight excluding hydrogens is 497 g/mol. The van der Waals surface area contributed by atoms with E-state index in [1.807, 2.05) is 54.3 Å². The first-order valence-corrected chi connectivity index (χ1v) is 13.5. The van der Waals surface area contributed by atoms with Crippen LogP contribution in [0.25, 0.3) is 0 Å². The SMILES string of the molecule is CCOc1ccc(C2C(C(=O)Nc3ccc(C)c(F)c3)c3ccccc3C(=O)N2CCN2CCOCC2)cc1. The monoisotopic (exact) mass is 531 g/mol. The summed E-state index contributed by atoms with van der Waals surface area (Å²) in [6.07, 6.45) is 0. The Morgan fingerprint density at radius 3 is 2.51 bits per heavy atom. The Labute approximate surface area is 228 Å². The van der Waals surface area contributed by atoms with Crippen molar-refractivity contribution in [1.82, 2.24) is 9.80 Å². The van der Waals surface area contributed by atoms with Crippen LogP contribution in [-0.2, 0) is 9.53 Å². The van der Waals surface area contributed by atoms with Crippen LogP contribution in [0.4, 0.5) is 10.1 Å². The Kier molecular flexibility index (Phi) is 8.24. The Hall–Kier alpha value is -3.75. The number of benzene rings is 3. The molecule has 0 radical (unpaired) electrons.